The third-order valence-corrected chi connectivity index (χ3v) is 6.30. The number of hydrogen-bond donors (Lipinski definition) is 0. The van der Waals surface area contributed by atoms with Gasteiger partial charge in [-0.2, -0.15) is 0 Å². The SMILES string of the molecule is Cc1ccccc1N=C1SC(CC(=O)c2ccc(F)cc2)C(=O)N1c1ccccc1C. The first-order valence-corrected chi connectivity index (χ1v) is 10.8. The number of amidine groups is 1. The normalized spacial score (nSPS) is 17.4. The molecule has 1 saturated heterocycles. The maximum Gasteiger partial charge on any atom is 0.247 e. The zero-order valence-electron chi connectivity index (χ0n) is 17.2. The van der Waals surface area contributed by atoms with Gasteiger partial charge in [0.25, 0.3) is 0 Å². The largest absolute Gasteiger partial charge is 0.294 e. The van der Waals surface area contributed by atoms with E-state index in [4.69, 9.17) is 4.99 Å². The van der Waals surface area contributed by atoms with Crippen LogP contribution in [0.4, 0.5) is 15.8 Å². The second kappa shape index (κ2) is 8.86. The summed E-state index contributed by atoms with van der Waals surface area (Å²) >= 11 is 1.29. The van der Waals surface area contributed by atoms with Gasteiger partial charge in [0.05, 0.1) is 16.6 Å². The molecular formula is C25H21FN2O2S. The number of Topliss-reactive ketones (excluding diaryl/α,β-unsaturated/α-hetero) is 1. The van der Waals surface area contributed by atoms with Crippen LogP contribution in [0.15, 0.2) is 77.8 Å². The zero-order valence-corrected chi connectivity index (χ0v) is 18.0. The average molecular weight is 433 g/mol. The molecule has 1 unspecified atom stereocenters. The molecule has 0 radical (unpaired) electrons. The zero-order chi connectivity index (χ0) is 22.0. The number of benzene rings is 3. The highest BCUT2D eigenvalue weighted by molar-refractivity contribution is 8.16. The van der Waals surface area contributed by atoms with E-state index in [9.17, 15) is 14.0 Å². The van der Waals surface area contributed by atoms with Crippen molar-refractivity contribution in [3.05, 3.63) is 95.3 Å². The summed E-state index contributed by atoms with van der Waals surface area (Å²) in [5.41, 5.74) is 3.87. The Kier molecular flexibility index (Phi) is 6.00. The molecule has 1 atom stereocenters. The summed E-state index contributed by atoms with van der Waals surface area (Å²) in [7, 11) is 0. The van der Waals surface area contributed by atoms with E-state index in [0.717, 1.165) is 22.5 Å². The fourth-order valence-corrected chi connectivity index (χ4v) is 4.56. The van der Waals surface area contributed by atoms with Crippen LogP contribution in [-0.4, -0.2) is 22.1 Å². The lowest BCUT2D eigenvalue weighted by molar-refractivity contribution is -0.116. The minimum Gasteiger partial charge on any atom is -0.294 e. The molecule has 1 heterocycles. The van der Waals surface area contributed by atoms with E-state index in [-0.39, 0.29) is 18.1 Å². The first-order chi connectivity index (χ1) is 14.9. The number of para-hydroxylation sites is 2. The molecule has 3 aromatic rings. The Balaban J connectivity index is 1.69. The highest BCUT2D eigenvalue weighted by Gasteiger charge is 2.40. The Morgan fingerprint density at radius 2 is 1.61 bits per heavy atom. The van der Waals surface area contributed by atoms with Crippen LogP contribution in [0.1, 0.15) is 27.9 Å². The lowest BCUT2D eigenvalue weighted by Crippen LogP contribution is -2.33. The quantitative estimate of drug-likeness (QED) is 0.475. The molecule has 3 aromatic carbocycles. The Labute approximate surface area is 184 Å². The fraction of sp³-hybridized carbons (Fsp3) is 0.160. The third kappa shape index (κ3) is 4.44. The van der Waals surface area contributed by atoms with Crippen molar-refractivity contribution in [1.29, 1.82) is 0 Å². The van der Waals surface area contributed by atoms with Gasteiger partial charge in [-0.3, -0.25) is 14.5 Å². The Hall–Kier alpha value is -3.25. The van der Waals surface area contributed by atoms with E-state index in [1.54, 1.807) is 4.90 Å². The van der Waals surface area contributed by atoms with Gasteiger partial charge in [-0.1, -0.05) is 48.2 Å². The summed E-state index contributed by atoms with van der Waals surface area (Å²) in [6.45, 7) is 3.91. The summed E-state index contributed by atoms with van der Waals surface area (Å²) in [5.74, 6) is -0.781. The van der Waals surface area contributed by atoms with Crippen LogP contribution < -0.4 is 4.90 Å². The van der Waals surface area contributed by atoms with Crippen molar-refractivity contribution < 1.29 is 14.0 Å². The molecule has 0 N–H and O–H groups in total. The summed E-state index contributed by atoms with van der Waals surface area (Å²) in [6, 6.07) is 20.7. The summed E-state index contributed by atoms with van der Waals surface area (Å²) in [5, 5.41) is -0.0505. The molecule has 0 spiro atoms. The van der Waals surface area contributed by atoms with Crippen LogP contribution in [0.5, 0.6) is 0 Å². The second-order valence-electron chi connectivity index (χ2n) is 7.38. The van der Waals surface area contributed by atoms with Crippen molar-refractivity contribution in [2.75, 3.05) is 4.90 Å². The molecule has 4 rings (SSSR count). The highest BCUT2D eigenvalue weighted by atomic mass is 32.2. The molecule has 1 aliphatic heterocycles. The number of aliphatic imine (C=N–C) groups is 1. The number of hydrogen-bond acceptors (Lipinski definition) is 4. The van der Waals surface area contributed by atoms with Crippen LogP contribution in [0.3, 0.4) is 0 Å². The maximum atomic E-state index is 13.4. The molecule has 0 bridgehead atoms. The monoisotopic (exact) mass is 432 g/mol. The van der Waals surface area contributed by atoms with Gasteiger partial charge in [0, 0.05) is 12.0 Å². The molecule has 4 nitrogen and oxygen atoms in total. The molecule has 0 aromatic heterocycles. The Bertz CT molecular complexity index is 1170. The van der Waals surface area contributed by atoms with E-state index in [0.29, 0.717) is 10.7 Å². The summed E-state index contributed by atoms with van der Waals surface area (Å²) in [4.78, 5) is 32.5. The van der Waals surface area contributed by atoms with E-state index in [2.05, 4.69) is 0 Å². The fourth-order valence-electron chi connectivity index (χ4n) is 3.42. The molecule has 1 fully saturated rings. The number of thioether (sulfide) groups is 1. The first-order valence-electron chi connectivity index (χ1n) is 9.93. The summed E-state index contributed by atoms with van der Waals surface area (Å²) in [6.07, 6.45) is 0.0182. The lowest BCUT2D eigenvalue weighted by atomic mass is 10.1. The number of nitrogens with zero attached hydrogens (tertiary/aromatic N) is 2. The van der Waals surface area contributed by atoms with E-state index >= 15 is 0 Å². The average Bonchev–Trinajstić information content (AvgIpc) is 3.05. The number of amides is 1. The van der Waals surface area contributed by atoms with Crippen molar-refractivity contribution in [3.63, 3.8) is 0 Å². The molecule has 0 aliphatic carbocycles. The van der Waals surface area contributed by atoms with Gasteiger partial charge in [-0.15, -0.1) is 0 Å². The number of halogens is 1. The van der Waals surface area contributed by atoms with Gasteiger partial charge < -0.3 is 0 Å². The van der Waals surface area contributed by atoms with Crippen molar-refractivity contribution in [3.8, 4) is 0 Å². The Morgan fingerprint density at radius 1 is 0.968 bits per heavy atom. The third-order valence-electron chi connectivity index (χ3n) is 5.16. The smallest absolute Gasteiger partial charge is 0.247 e. The van der Waals surface area contributed by atoms with Crippen LogP contribution in [0.25, 0.3) is 0 Å². The Morgan fingerprint density at radius 3 is 2.29 bits per heavy atom. The second-order valence-corrected chi connectivity index (χ2v) is 8.55. The van der Waals surface area contributed by atoms with Crippen molar-refractivity contribution in [1.82, 2.24) is 0 Å². The van der Waals surface area contributed by atoms with Gasteiger partial charge in [-0.25, -0.2) is 9.38 Å². The minimum atomic E-state index is -0.597. The predicted octanol–water partition coefficient (Wildman–Crippen LogP) is 5.85. The van der Waals surface area contributed by atoms with Crippen LogP contribution in [0, 0.1) is 19.7 Å². The van der Waals surface area contributed by atoms with Crippen molar-refractivity contribution in [2.24, 2.45) is 4.99 Å². The number of rotatable bonds is 5. The standard InChI is InChI=1S/C25H21FN2O2S/c1-16-7-3-5-9-20(16)27-25-28(21-10-6-4-8-17(21)2)24(30)23(31-25)15-22(29)18-11-13-19(26)14-12-18/h3-14,23H,15H2,1-2H3. The molecule has 6 heteroatoms. The van der Waals surface area contributed by atoms with E-state index in [1.165, 1.54) is 36.0 Å². The number of ketones is 1. The molecule has 31 heavy (non-hydrogen) atoms. The van der Waals surface area contributed by atoms with E-state index in [1.807, 2.05) is 62.4 Å². The molecular weight excluding hydrogens is 411 g/mol. The maximum absolute atomic E-state index is 13.4. The summed E-state index contributed by atoms with van der Waals surface area (Å²) < 4.78 is 13.2. The number of carbonyl (C=O) groups is 2. The molecule has 1 amide bonds. The topological polar surface area (TPSA) is 49.7 Å². The van der Waals surface area contributed by atoms with Crippen LogP contribution >= 0.6 is 11.8 Å². The van der Waals surface area contributed by atoms with E-state index < -0.39 is 11.1 Å². The number of anilines is 1. The molecule has 156 valence electrons. The number of carbonyl (C=O) groups excluding carboxylic acids is 2. The number of aryl methyl sites for hydroxylation is 2. The van der Waals surface area contributed by atoms with Gasteiger partial charge in [0.1, 0.15) is 5.82 Å². The molecule has 1 aliphatic rings. The van der Waals surface area contributed by atoms with Crippen LogP contribution in [-0.2, 0) is 4.79 Å². The minimum absolute atomic E-state index is 0.0182. The van der Waals surface area contributed by atoms with Gasteiger partial charge in [-0.05, 0) is 61.4 Å². The highest BCUT2D eigenvalue weighted by Crippen LogP contribution is 2.37. The predicted molar refractivity (Wildman–Crippen MR) is 124 cm³/mol. The molecule has 0 saturated carbocycles. The lowest BCUT2D eigenvalue weighted by Gasteiger charge is -2.19. The first kappa shape index (κ1) is 21.0. The van der Waals surface area contributed by atoms with Gasteiger partial charge in [0.2, 0.25) is 5.91 Å². The van der Waals surface area contributed by atoms with Crippen molar-refractivity contribution >= 4 is 40.0 Å². The van der Waals surface area contributed by atoms with Gasteiger partial charge in [0.15, 0.2) is 11.0 Å². The van der Waals surface area contributed by atoms with Gasteiger partial charge >= 0.3 is 0 Å². The van der Waals surface area contributed by atoms with Crippen molar-refractivity contribution in [2.45, 2.75) is 25.5 Å². The van der Waals surface area contributed by atoms with Crippen LogP contribution in [0.2, 0.25) is 0 Å².